The maximum Gasteiger partial charge on any atom is 0.315 e. The first-order chi connectivity index (χ1) is 26.9. The molecule has 0 aromatic heterocycles. The first-order valence-corrected chi connectivity index (χ1v) is 23.9. The molecular weight excluding hydrogens is 739 g/mol. The van der Waals surface area contributed by atoms with Crippen molar-refractivity contribution in [1.29, 1.82) is 0 Å². The number of hydrogen-bond donors (Lipinski definition) is 4. The zero-order valence-corrected chi connectivity index (χ0v) is 34.6. The van der Waals surface area contributed by atoms with Crippen LogP contribution in [0.2, 0.25) is 0 Å². The molecule has 4 aromatic carbocycles. The highest BCUT2D eigenvalue weighted by molar-refractivity contribution is 8.00. The number of benzene rings is 4. The van der Waals surface area contributed by atoms with Crippen molar-refractivity contribution in [2.75, 3.05) is 31.2 Å². The summed E-state index contributed by atoms with van der Waals surface area (Å²) in [6.45, 7) is 3.64. The summed E-state index contributed by atoms with van der Waals surface area (Å²) in [5, 5.41) is 18.4. The predicted molar refractivity (Wildman–Crippen MR) is 234 cm³/mol. The van der Waals surface area contributed by atoms with Gasteiger partial charge in [-0.1, -0.05) is 141 Å². The molecule has 0 unspecified atom stereocenters. The van der Waals surface area contributed by atoms with Crippen LogP contribution in [0.4, 0.5) is 4.79 Å². The molecule has 2 saturated heterocycles. The fourth-order valence-electron chi connectivity index (χ4n) is 7.60. The molecule has 10 heteroatoms. The number of carbonyl (C=O) groups excluding carboxylic acids is 3. The molecule has 7 nitrogen and oxygen atoms in total. The third-order valence-corrected chi connectivity index (χ3v) is 17.9. The minimum absolute atomic E-state index is 0.0527. The summed E-state index contributed by atoms with van der Waals surface area (Å²) in [6, 6.07) is 44.0. The van der Waals surface area contributed by atoms with Crippen LogP contribution in [0.5, 0.6) is 0 Å². The largest absolute Gasteiger partial charge is 0.356 e. The molecule has 4 aromatic rings. The van der Waals surface area contributed by atoms with E-state index in [0.29, 0.717) is 31.2 Å². The molecule has 0 bridgehead atoms. The molecule has 0 spiro atoms. The average molecular weight is 795 g/mol. The summed E-state index contributed by atoms with van der Waals surface area (Å²) < 4.78 is 0. The lowest BCUT2D eigenvalue weighted by molar-refractivity contribution is -0.122. The molecule has 55 heavy (non-hydrogen) atoms. The Morgan fingerprint density at radius 2 is 1.13 bits per heavy atom. The molecule has 6 rings (SSSR count). The second-order valence-electron chi connectivity index (χ2n) is 15.1. The van der Waals surface area contributed by atoms with Gasteiger partial charge in [0.05, 0.1) is 12.1 Å². The van der Waals surface area contributed by atoms with Crippen molar-refractivity contribution in [1.82, 2.24) is 21.3 Å². The Kier molecular flexibility index (Phi) is 15.6. The van der Waals surface area contributed by atoms with Crippen molar-refractivity contribution in [3.63, 3.8) is 0 Å². The average Bonchev–Trinajstić information content (AvgIpc) is 3.78. The van der Waals surface area contributed by atoms with Crippen LogP contribution in [0.15, 0.2) is 121 Å². The van der Waals surface area contributed by atoms with Gasteiger partial charge in [-0.05, 0) is 80.5 Å². The van der Waals surface area contributed by atoms with E-state index in [1.807, 2.05) is 11.8 Å². The number of thioether (sulfide) groups is 1. The molecule has 0 saturated carbocycles. The Morgan fingerprint density at radius 3 is 1.64 bits per heavy atom. The van der Waals surface area contributed by atoms with E-state index in [0.717, 1.165) is 56.6 Å². The SMILES string of the molecule is CC(CNC(=O)CCCCCNC(=O)CCCC[C@@H]1SC[C@@H]2NC(=O)N[C@@H]21)(CP(c1ccccc1)c1ccccc1)CP(c1ccccc1)c1ccccc1. The van der Waals surface area contributed by atoms with Gasteiger partial charge in [0, 0.05) is 36.9 Å². The Labute approximate surface area is 334 Å². The number of urea groups is 1. The Bertz CT molecular complexity index is 1620. The zero-order chi connectivity index (χ0) is 38.3. The first kappa shape index (κ1) is 40.9. The van der Waals surface area contributed by atoms with E-state index < -0.39 is 15.8 Å². The maximum atomic E-state index is 13.4. The first-order valence-electron chi connectivity index (χ1n) is 19.8. The van der Waals surface area contributed by atoms with Gasteiger partial charge in [0.2, 0.25) is 11.8 Å². The lowest BCUT2D eigenvalue weighted by Gasteiger charge is -2.37. The van der Waals surface area contributed by atoms with Gasteiger partial charge in [0.15, 0.2) is 0 Å². The fraction of sp³-hybridized carbons (Fsp3) is 0.400. The quantitative estimate of drug-likeness (QED) is 0.0425. The number of unbranched alkanes of at least 4 members (excludes halogenated alkanes) is 3. The summed E-state index contributed by atoms with van der Waals surface area (Å²) in [5.41, 5.74) is -0.170. The van der Waals surface area contributed by atoms with Gasteiger partial charge in [-0.25, -0.2) is 4.79 Å². The van der Waals surface area contributed by atoms with Crippen molar-refractivity contribution >= 4 is 66.7 Å². The number of rotatable bonds is 21. The van der Waals surface area contributed by atoms with Crippen LogP contribution in [-0.2, 0) is 9.59 Å². The molecule has 0 aliphatic carbocycles. The van der Waals surface area contributed by atoms with Gasteiger partial charge in [0.1, 0.15) is 0 Å². The fourth-order valence-corrected chi connectivity index (χ4v) is 14.7. The van der Waals surface area contributed by atoms with Crippen LogP contribution in [-0.4, -0.2) is 66.3 Å². The molecule has 2 fully saturated rings. The standard InChI is InChI=1S/C45H56N4O3P2S/c1-45(33-53(35-19-7-2-8-20-35)36-21-9-3-10-22-36,34-54(37-23-11-4-12-24-37)38-25-13-5-14-26-38)32-47-42(51)28-15-6-18-30-46-41(50)29-17-16-27-40-43-39(31-55-40)48-44(52)49-43/h2-5,7-14,19-26,39-40,43H,6,15-18,27-34H2,1H3,(H,46,50)(H,47,51)(H2,48,49,52)/t39-,40-,43-/m0/s1. The Hall–Kier alpha value is -3.70. The van der Waals surface area contributed by atoms with E-state index in [1.54, 1.807) is 0 Å². The highest BCUT2D eigenvalue weighted by Gasteiger charge is 2.42. The van der Waals surface area contributed by atoms with Gasteiger partial charge >= 0.3 is 6.03 Å². The lowest BCUT2D eigenvalue weighted by atomic mass is 9.96. The van der Waals surface area contributed by atoms with Crippen LogP contribution < -0.4 is 42.5 Å². The van der Waals surface area contributed by atoms with Gasteiger partial charge in [-0.2, -0.15) is 11.8 Å². The second kappa shape index (κ2) is 21.0. The Morgan fingerprint density at radius 1 is 0.655 bits per heavy atom. The van der Waals surface area contributed by atoms with Gasteiger partial charge in [0.25, 0.3) is 0 Å². The third-order valence-electron chi connectivity index (χ3n) is 10.5. The normalized spacial score (nSPS) is 17.8. The topological polar surface area (TPSA) is 99.3 Å². The smallest absolute Gasteiger partial charge is 0.315 e. The molecule has 4 N–H and O–H groups in total. The highest BCUT2D eigenvalue weighted by atomic mass is 32.2. The number of hydrogen-bond acceptors (Lipinski definition) is 4. The highest BCUT2D eigenvalue weighted by Crippen LogP contribution is 2.47. The van der Waals surface area contributed by atoms with Crippen molar-refractivity contribution in [3.8, 4) is 0 Å². The molecule has 290 valence electrons. The minimum Gasteiger partial charge on any atom is -0.356 e. The van der Waals surface area contributed by atoms with Crippen LogP contribution in [0.1, 0.15) is 58.3 Å². The monoisotopic (exact) mass is 794 g/mol. The van der Waals surface area contributed by atoms with E-state index in [4.69, 9.17) is 0 Å². The van der Waals surface area contributed by atoms with E-state index >= 15 is 0 Å². The van der Waals surface area contributed by atoms with E-state index in [-0.39, 0.29) is 35.3 Å². The molecule has 4 amide bonds. The van der Waals surface area contributed by atoms with E-state index in [1.165, 1.54) is 21.2 Å². The van der Waals surface area contributed by atoms with Gasteiger partial charge in [-0.15, -0.1) is 0 Å². The van der Waals surface area contributed by atoms with Gasteiger partial charge in [-0.3, -0.25) is 9.59 Å². The maximum absolute atomic E-state index is 13.4. The van der Waals surface area contributed by atoms with Crippen molar-refractivity contribution in [3.05, 3.63) is 121 Å². The summed E-state index contributed by atoms with van der Waals surface area (Å²) in [4.78, 5) is 37.5. The lowest BCUT2D eigenvalue weighted by Crippen LogP contribution is -2.42. The third kappa shape index (κ3) is 12.4. The van der Waals surface area contributed by atoms with Gasteiger partial charge < -0.3 is 21.3 Å². The number of carbonyl (C=O) groups is 3. The number of fused-ring (bicyclic) bond motifs is 1. The van der Waals surface area contributed by atoms with Crippen molar-refractivity contribution < 1.29 is 14.4 Å². The second-order valence-corrected chi connectivity index (χ2v) is 20.8. The summed E-state index contributed by atoms with van der Waals surface area (Å²) in [7, 11) is -1.33. The Balaban J connectivity index is 0.996. The molecular formula is C45H56N4O3P2S. The summed E-state index contributed by atoms with van der Waals surface area (Å²) >= 11 is 1.92. The minimum atomic E-state index is -0.665. The molecule has 2 aliphatic heterocycles. The van der Waals surface area contributed by atoms with E-state index in [2.05, 4.69) is 150 Å². The van der Waals surface area contributed by atoms with E-state index in [9.17, 15) is 14.4 Å². The summed E-state index contributed by atoms with van der Waals surface area (Å²) in [6.07, 6.45) is 8.36. The molecule has 2 heterocycles. The van der Waals surface area contributed by atoms with Crippen LogP contribution in [0.3, 0.4) is 0 Å². The van der Waals surface area contributed by atoms with Crippen LogP contribution in [0, 0.1) is 5.41 Å². The van der Waals surface area contributed by atoms with Crippen molar-refractivity contribution in [2.45, 2.75) is 75.6 Å². The zero-order valence-electron chi connectivity index (χ0n) is 32.0. The summed E-state index contributed by atoms with van der Waals surface area (Å²) in [5.74, 6) is 1.16. The molecule has 2 aliphatic rings. The van der Waals surface area contributed by atoms with Crippen LogP contribution >= 0.6 is 27.6 Å². The number of amides is 4. The molecule has 3 atom stereocenters. The van der Waals surface area contributed by atoms with Crippen LogP contribution in [0.25, 0.3) is 0 Å². The van der Waals surface area contributed by atoms with Crippen molar-refractivity contribution in [2.24, 2.45) is 5.41 Å². The predicted octanol–water partition coefficient (Wildman–Crippen LogP) is 6.78. The number of nitrogens with one attached hydrogen (secondary N) is 4. The molecule has 0 radical (unpaired) electrons.